The summed E-state index contributed by atoms with van der Waals surface area (Å²) < 4.78 is 169. The molecule has 2 atom stereocenters. The van der Waals surface area contributed by atoms with Gasteiger partial charge in [0.25, 0.3) is 27.8 Å². The normalized spacial score (nSPS) is 14.2. The zero-order valence-electron chi connectivity index (χ0n) is 75.5. The minimum absolute atomic E-state index is 0.00511. The lowest BCUT2D eigenvalue weighted by molar-refractivity contribution is -0.197. The van der Waals surface area contributed by atoms with Gasteiger partial charge in [0.15, 0.2) is 5.25 Å². The Kier molecular flexibility index (Phi) is 68.1. The van der Waals surface area contributed by atoms with Crippen molar-refractivity contribution in [1.82, 2.24) is 21.0 Å². The largest absolute Gasteiger partial charge is 0.458 e. The lowest BCUT2D eigenvalue weighted by Gasteiger charge is -2.31. The maximum absolute atomic E-state index is 14.1. The summed E-state index contributed by atoms with van der Waals surface area (Å²) in [5, 5.41) is 9.05. The van der Waals surface area contributed by atoms with Crippen molar-refractivity contribution >= 4 is 86.4 Å². The van der Waals surface area contributed by atoms with Crippen LogP contribution < -0.4 is 21.3 Å². The van der Waals surface area contributed by atoms with E-state index in [0.29, 0.717) is 316 Å². The minimum atomic E-state index is -4.90. The van der Waals surface area contributed by atoms with Crippen LogP contribution >= 0.6 is 23.2 Å². The average molecular weight is 1930 g/mol. The van der Waals surface area contributed by atoms with E-state index < -0.39 is 74.4 Å². The van der Waals surface area contributed by atoms with Crippen molar-refractivity contribution in [3.8, 4) is 0 Å². The van der Waals surface area contributed by atoms with Crippen LogP contribution in [0.15, 0.2) is 42.5 Å². The van der Waals surface area contributed by atoms with E-state index in [2.05, 4.69) is 26.1 Å². The molecular formula is C85H139Cl2N5O37S. The van der Waals surface area contributed by atoms with Gasteiger partial charge in [0, 0.05) is 31.6 Å². The van der Waals surface area contributed by atoms with Crippen LogP contribution in [0.25, 0.3) is 0 Å². The topological polar surface area (TPSA) is 482 Å². The van der Waals surface area contributed by atoms with Crippen molar-refractivity contribution in [2.45, 2.75) is 89.0 Å². The second-order valence-electron chi connectivity index (χ2n) is 29.4. The van der Waals surface area contributed by atoms with Crippen molar-refractivity contribution in [1.29, 1.82) is 0 Å². The van der Waals surface area contributed by atoms with Gasteiger partial charge in [-0.2, -0.15) is 8.42 Å². The lowest BCUT2D eigenvalue weighted by Crippen LogP contribution is -2.51. The molecule has 4 rings (SSSR count). The summed E-state index contributed by atoms with van der Waals surface area (Å²) in [6.45, 7) is 24.7. The Morgan fingerprint density at radius 2 is 0.746 bits per heavy atom. The molecule has 0 radical (unpaired) electrons. The van der Waals surface area contributed by atoms with Gasteiger partial charge in [0.1, 0.15) is 11.6 Å². The van der Waals surface area contributed by atoms with E-state index in [-0.39, 0.29) is 84.8 Å². The van der Waals surface area contributed by atoms with Gasteiger partial charge >= 0.3 is 17.8 Å². The third-order valence-corrected chi connectivity index (χ3v) is 19.9. The van der Waals surface area contributed by atoms with Crippen molar-refractivity contribution in [2.75, 3.05) is 336 Å². The lowest BCUT2D eigenvalue weighted by atomic mass is 9.81. The van der Waals surface area contributed by atoms with Crippen molar-refractivity contribution in [3.63, 3.8) is 0 Å². The van der Waals surface area contributed by atoms with E-state index in [1.54, 1.807) is 63.2 Å². The maximum atomic E-state index is 14.1. The zero-order chi connectivity index (χ0) is 93.9. The Hall–Kier alpha value is -6.07. The molecule has 2 fully saturated rings. The molecule has 1 aliphatic heterocycles. The van der Waals surface area contributed by atoms with Gasteiger partial charge in [-0.3, -0.25) is 33.3 Å². The standard InChI is InChI=1S/C85H139Cl2N5O37S/c1-84(2,3)128-81(98)73(67-69-9-11-70(12-10-69)90-78(95)77-71(86)7-6-8-72(77)87)91-83(100)85(14-4-5-15-85)16-17-88-75(93)13-19-104-21-23-106-25-27-108-29-31-110-33-35-112-37-39-114-41-43-116-45-47-118-49-51-120-53-55-122-57-59-124-61-63-126-65-66-127-64-62-125-60-58-123-56-54-121-52-50-119-48-46-117-44-42-115-40-38-113-36-34-111-32-30-109-28-26-107-24-22-105-20-18-89-79(96)82(99)129-92-76(94)68-74(80(92)97)130(101,102)103/h6-12,73-74H,4-5,13-68H2,1-3H3,(H,88,93)(H,89,96)(H,90,95)(H,91,100)(H,101,102,103)/t73-,74?/m0/s1. The number of hydrogen-bond donors (Lipinski definition) is 5. The number of ether oxygens (including phenoxy) is 25. The number of esters is 1. The fourth-order valence-electron chi connectivity index (χ4n) is 11.6. The number of anilines is 1. The van der Waals surface area contributed by atoms with Crippen LogP contribution in [0.5, 0.6) is 0 Å². The molecule has 1 aliphatic carbocycles. The number of halogens is 2. The molecule has 1 unspecified atom stereocenters. The molecule has 45 heteroatoms. The van der Waals surface area contributed by atoms with E-state index in [9.17, 15) is 46.8 Å². The highest BCUT2D eigenvalue weighted by Gasteiger charge is 2.49. The van der Waals surface area contributed by atoms with Gasteiger partial charge in [-0.15, -0.1) is 5.06 Å². The Bertz CT molecular complexity index is 3410. The number of carbonyl (C=O) groups excluding carboxylic acids is 8. The molecule has 1 saturated carbocycles. The summed E-state index contributed by atoms with van der Waals surface area (Å²) in [6, 6.07) is 10.7. The van der Waals surface area contributed by atoms with E-state index in [4.69, 9.17) is 146 Å². The van der Waals surface area contributed by atoms with Crippen LogP contribution in [0.4, 0.5) is 5.69 Å². The Balaban J connectivity index is 0.745. The Morgan fingerprint density at radius 1 is 0.438 bits per heavy atom. The molecule has 0 spiro atoms. The fourth-order valence-corrected chi connectivity index (χ4v) is 12.9. The van der Waals surface area contributed by atoms with Crippen LogP contribution in [0.2, 0.25) is 10.0 Å². The highest BCUT2D eigenvalue weighted by atomic mass is 35.5. The quantitative estimate of drug-likeness (QED) is 0.0209. The number of nitrogens with one attached hydrogen (secondary N) is 4. The third kappa shape index (κ3) is 59.6. The second kappa shape index (κ2) is 76.1. The van der Waals surface area contributed by atoms with Crippen LogP contribution in [-0.2, 0) is 173 Å². The van der Waals surface area contributed by atoms with E-state index in [1.807, 2.05) is 0 Å². The SMILES string of the molecule is CC(C)(C)OC(=O)[C@H](Cc1ccc(NC(=O)c2c(Cl)cccc2Cl)cc1)NC(=O)C1(CCNC(=O)CCOCCOCCOCCOCCOCCOCCOCCOCCOCCOCCOCCOCCOCCOCCOCCOCCOCCOCCOCCOCCOCCOCCOCCOCCNC(=O)C(=O)ON2C(=O)CC(S(=O)(=O)O)C2=O)CCCC1. The molecule has 42 nitrogen and oxygen atoms in total. The number of hydrogen-bond acceptors (Lipinski definition) is 36. The van der Waals surface area contributed by atoms with Crippen molar-refractivity contribution < 1.29 is 175 Å². The summed E-state index contributed by atoms with van der Waals surface area (Å²) in [4.78, 5) is 105. The second-order valence-corrected chi connectivity index (χ2v) is 31.8. The number of amides is 6. The Morgan fingerprint density at radius 3 is 1.05 bits per heavy atom. The molecule has 5 N–H and O–H groups in total. The molecule has 1 heterocycles. The molecule has 1 saturated heterocycles. The summed E-state index contributed by atoms with van der Waals surface area (Å²) in [7, 11) is -4.90. The van der Waals surface area contributed by atoms with Gasteiger partial charge in [-0.25, -0.2) is 9.59 Å². The molecule has 130 heavy (non-hydrogen) atoms. The molecule has 0 bridgehead atoms. The predicted molar refractivity (Wildman–Crippen MR) is 466 cm³/mol. The zero-order valence-corrected chi connectivity index (χ0v) is 77.8. The summed E-state index contributed by atoms with van der Waals surface area (Å²) in [5.41, 5.74) is -0.182. The molecule has 746 valence electrons. The maximum Gasteiger partial charge on any atom is 0.421 e. The molecular weight excluding hydrogens is 1790 g/mol. The van der Waals surface area contributed by atoms with Crippen molar-refractivity contribution in [3.05, 3.63) is 63.6 Å². The number of benzene rings is 2. The molecule has 2 aliphatic rings. The Labute approximate surface area is 772 Å². The van der Waals surface area contributed by atoms with Crippen LogP contribution in [-0.4, -0.2) is 413 Å². The number of hydroxylamine groups is 2. The molecule has 0 aromatic heterocycles. The summed E-state index contributed by atoms with van der Waals surface area (Å²) in [6.07, 6.45) is 2.71. The number of nitrogens with zero attached hydrogens (tertiary/aromatic N) is 1. The van der Waals surface area contributed by atoms with Crippen molar-refractivity contribution in [2.24, 2.45) is 5.41 Å². The minimum Gasteiger partial charge on any atom is -0.458 e. The van der Waals surface area contributed by atoms with Crippen LogP contribution in [0, 0.1) is 5.41 Å². The van der Waals surface area contributed by atoms with Crippen LogP contribution in [0.1, 0.15) is 81.6 Å². The van der Waals surface area contributed by atoms with Gasteiger partial charge < -0.3 is 145 Å². The van der Waals surface area contributed by atoms with E-state index in [1.165, 1.54) is 0 Å². The third-order valence-electron chi connectivity index (χ3n) is 18.1. The van der Waals surface area contributed by atoms with E-state index in [0.717, 1.165) is 18.4 Å². The first-order chi connectivity index (χ1) is 63.1. The smallest absolute Gasteiger partial charge is 0.421 e. The van der Waals surface area contributed by atoms with E-state index >= 15 is 0 Å². The highest BCUT2D eigenvalue weighted by molar-refractivity contribution is 7.87. The summed E-state index contributed by atoms with van der Waals surface area (Å²) >= 11 is 12.5. The number of carbonyl (C=O) groups is 8. The predicted octanol–water partition coefficient (Wildman–Crippen LogP) is 3.06. The molecule has 6 amide bonds. The van der Waals surface area contributed by atoms with Gasteiger partial charge in [-0.05, 0) is 69.9 Å². The molecule has 2 aromatic carbocycles. The highest BCUT2D eigenvalue weighted by Crippen LogP contribution is 2.41. The first kappa shape index (κ1) is 116. The average Bonchev–Trinajstić information content (AvgIpc) is 1.65. The summed E-state index contributed by atoms with van der Waals surface area (Å²) in [5.74, 6) is -7.12. The first-order valence-electron chi connectivity index (χ1n) is 43.9. The number of rotatable bonds is 87. The van der Waals surface area contributed by atoms with Gasteiger partial charge in [0.2, 0.25) is 11.8 Å². The van der Waals surface area contributed by atoms with Gasteiger partial charge in [-0.1, -0.05) is 54.2 Å². The monoisotopic (exact) mass is 1920 g/mol. The first-order valence-corrected chi connectivity index (χ1v) is 46.2. The molecule has 2 aromatic rings. The van der Waals surface area contributed by atoms with Gasteiger partial charge in [0.05, 0.1) is 345 Å². The fraction of sp³-hybridized carbons (Fsp3) is 0.765. The van der Waals surface area contributed by atoms with Crippen LogP contribution in [0.3, 0.4) is 0 Å². The number of imide groups is 1.